The molecule has 1 saturated heterocycles. The van der Waals surface area contributed by atoms with Crippen LogP contribution in [0.15, 0.2) is 4.99 Å². The van der Waals surface area contributed by atoms with Crippen LogP contribution in [0, 0.1) is 11.8 Å². The van der Waals surface area contributed by atoms with Gasteiger partial charge in [0, 0.05) is 46.3 Å². The van der Waals surface area contributed by atoms with E-state index in [9.17, 15) is 9.59 Å². The Morgan fingerprint density at radius 1 is 1.07 bits per heavy atom. The summed E-state index contributed by atoms with van der Waals surface area (Å²) in [5.41, 5.74) is 0. The van der Waals surface area contributed by atoms with Crippen LogP contribution in [0.5, 0.6) is 0 Å². The van der Waals surface area contributed by atoms with Gasteiger partial charge in [-0.1, -0.05) is 6.42 Å². The number of amides is 2. The molecule has 2 bridgehead atoms. The number of fused-ring (bicyclic) bond motifs is 2. The first-order valence-electron chi connectivity index (χ1n) is 10.6. The van der Waals surface area contributed by atoms with Gasteiger partial charge in [-0.2, -0.15) is 0 Å². The molecule has 8 nitrogen and oxygen atoms in total. The minimum Gasteiger partial charge on any atom is -0.358 e. The number of likely N-dealkylation sites (N-methyl/N-ethyl adjacent to an activating group) is 2. The Balaban J connectivity index is 0.00000300. The van der Waals surface area contributed by atoms with E-state index in [1.807, 2.05) is 0 Å². The van der Waals surface area contributed by atoms with Crippen LogP contribution in [-0.2, 0) is 9.59 Å². The molecule has 29 heavy (non-hydrogen) atoms. The quantitative estimate of drug-likeness (QED) is 0.272. The van der Waals surface area contributed by atoms with Crippen molar-refractivity contribution in [3.05, 3.63) is 0 Å². The largest absolute Gasteiger partial charge is 0.358 e. The van der Waals surface area contributed by atoms with Crippen molar-refractivity contribution in [2.45, 2.75) is 50.6 Å². The van der Waals surface area contributed by atoms with E-state index in [1.165, 1.54) is 25.7 Å². The monoisotopic (exact) mass is 520 g/mol. The Hall–Kier alpha value is -1.10. The highest BCUT2D eigenvalue weighted by atomic mass is 127. The molecule has 2 amide bonds. The number of rotatable bonds is 6. The van der Waals surface area contributed by atoms with Crippen LogP contribution in [0.1, 0.15) is 38.5 Å². The van der Waals surface area contributed by atoms with Gasteiger partial charge < -0.3 is 20.9 Å². The SMILES string of the molecule is CNC(=O)CN1CCC(NC(=NCC(=O)N(C)C)NC2CC3CCC2C3)CC1.I. The van der Waals surface area contributed by atoms with Gasteiger partial charge in [0.15, 0.2) is 5.96 Å². The molecule has 2 aliphatic carbocycles. The molecule has 166 valence electrons. The Morgan fingerprint density at radius 2 is 1.79 bits per heavy atom. The van der Waals surface area contributed by atoms with E-state index in [2.05, 4.69) is 25.8 Å². The predicted octanol–water partition coefficient (Wildman–Crippen LogP) is 0.627. The molecule has 9 heteroatoms. The third kappa shape index (κ3) is 6.97. The van der Waals surface area contributed by atoms with Gasteiger partial charge in [0.2, 0.25) is 11.8 Å². The standard InChI is InChI=1S/C20H36N6O2.HI/c1-21-18(27)13-26-8-6-16(7-9-26)23-20(22-12-19(28)25(2)3)24-17-11-14-4-5-15(17)10-14;/h14-17H,4-13H2,1-3H3,(H,21,27)(H2,22,23,24);1H. The van der Waals surface area contributed by atoms with Crippen molar-refractivity contribution in [1.82, 2.24) is 25.8 Å². The topological polar surface area (TPSA) is 89.1 Å². The normalized spacial score (nSPS) is 27.3. The Bertz CT molecular complexity index is 592. The molecule has 2 saturated carbocycles. The fourth-order valence-corrected chi connectivity index (χ4v) is 4.73. The maximum atomic E-state index is 12.0. The fourth-order valence-electron chi connectivity index (χ4n) is 4.73. The first-order chi connectivity index (χ1) is 13.4. The molecule has 3 N–H and O–H groups in total. The zero-order chi connectivity index (χ0) is 20.1. The molecule has 3 fully saturated rings. The number of nitrogens with zero attached hydrogens (tertiary/aromatic N) is 3. The van der Waals surface area contributed by atoms with Crippen LogP contribution in [0.25, 0.3) is 0 Å². The molecule has 1 aliphatic heterocycles. The summed E-state index contributed by atoms with van der Waals surface area (Å²) in [6, 6.07) is 0.799. The first-order valence-corrected chi connectivity index (χ1v) is 10.6. The first kappa shape index (κ1) is 24.2. The van der Waals surface area contributed by atoms with E-state index in [4.69, 9.17) is 0 Å². The number of piperidine rings is 1. The molecule has 0 radical (unpaired) electrons. The Kier molecular flexibility index (Phi) is 9.45. The Morgan fingerprint density at radius 3 is 2.34 bits per heavy atom. The van der Waals surface area contributed by atoms with Crippen molar-refractivity contribution >= 4 is 41.8 Å². The zero-order valence-corrected chi connectivity index (χ0v) is 20.3. The lowest BCUT2D eigenvalue weighted by Crippen LogP contribution is -2.52. The van der Waals surface area contributed by atoms with Gasteiger partial charge in [0.25, 0.3) is 0 Å². The summed E-state index contributed by atoms with van der Waals surface area (Å²) in [5, 5.41) is 9.88. The smallest absolute Gasteiger partial charge is 0.243 e. The van der Waals surface area contributed by atoms with Crippen molar-refractivity contribution in [3.63, 3.8) is 0 Å². The molecule has 1 heterocycles. The van der Waals surface area contributed by atoms with E-state index < -0.39 is 0 Å². The van der Waals surface area contributed by atoms with Gasteiger partial charge >= 0.3 is 0 Å². The van der Waals surface area contributed by atoms with Gasteiger partial charge in [-0.25, -0.2) is 4.99 Å². The zero-order valence-electron chi connectivity index (χ0n) is 17.9. The molecule has 0 aromatic rings. The highest BCUT2D eigenvalue weighted by molar-refractivity contribution is 14.0. The number of carbonyl (C=O) groups excluding carboxylic acids is 2. The third-order valence-corrected chi connectivity index (χ3v) is 6.51. The summed E-state index contributed by atoms with van der Waals surface area (Å²) < 4.78 is 0. The fraction of sp³-hybridized carbons (Fsp3) is 0.850. The Labute approximate surface area is 191 Å². The molecule has 0 spiro atoms. The molecule has 3 aliphatic rings. The summed E-state index contributed by atoms with van der Waals surface area (Å²) in [6.07, 6.45) is 7.17. The van der Waals surface area contributed by atoms with E-state index in [-0.39, 0.29) is 42.3 Å². The second-order valence-electron chi connectivity index (χ2n) is 8.75. The van der Waals surface area contributed by atoms with E-state index in [0.29, 0.717) is 18.6 Å². The third-order valence-electron chi connectivity index (χ3n) is 6.51. The molecule has 3 rings (SSSR count). The van der Waals surface area contributed by atoms with Crippen LogP contribution < -0.4 is 16.0 Å². The van der Waals surface area contributed by atoms with E-state index >= 15 is 0 Å². The van der Waals surface area contributed by atoms with Crippen LogP contribution in [0.3, 0.4) is 0 Å². The number of aliphatic imine (C=N–C) groups is 1. The molecule has 3 unspecified atom stereocenters. The lowest BCUT2D eigenvalue weighted by Gasteiger charge is -2.33. The van der Waals surface area contributed by atoms with Crippen molar-refractivity contribution in [2.24, 2.45) is 16.8 Å². The van der Waals surface area contributed by atoms with Crippen molar-refractivity contribution in [2.75, 3.05) is 47.3 Å². The summed E-state index contributed by atoms with van der Waals surface area (Å²) in [7, 11) is 5.20. The minimum atomic E-state index is 0. The average Bonchev–Trinajstić information content (AvgIpc) is 3.30. The van der Waals surface area contributed by atoms with Gasteiger partial charge in [0.1, 0.15) is 6.54 Å². The van der Waals surface area contributed by atoms with Gasteiger partial charge in [-0.15, -0.1) is 24.0 Å². The highest BCUT2D eigenvalue weighted by Gasteiger charge is 2.40. The van der Waals surface area contributed by atoms with Gasteiger partial charge in [0.05, 0.1) is 6.54 Å². The predicted molar refractivity (Wildman–Crippen MR) is 125 cm³/mol. The highest BCUT2D eigenvalue weighted by Crippen LogP contribution is 2.44. The van der Waals surface area contributed by atoms with Crippen molar-refractivity contribution in [3.8, 4) is 0 Å². The molecular formula is C20H37IN6O2. The molecule has 3 atom stereocenters. The molecular weight excluding hydrogens is 483 g/mol. The van der Waals surface area contributed by atoms with Crippen LogP contribution >= 0.6 is 24.0 Å². The van der Waals surface area contributed by atoms with Crippen LogP contribution in [0.4, 0.5) is 0 Å². The maximum Gasteiger partial charge on any atom is 0.243 e. The average molecular weight is 520 g/mol. The summed E-state index contributed by atoms with van der Waals surface area (Å²) >= 11 is 0. The number of halogens is 1. The van der Waals surface area contributed by atoms with Crippen molar-refractivity contribution < 1.29 is 9.59 Å². The maximum absolute atomic E-state index is 12.0. The molecule has 0 aromatic heterocycles. The summed E-state index contributed by atoms with van der Waals surface area (Å²) in [4.78, 5) is 31.9. The number of hydrogen-bond acceptors (Lipinski definition) is 4. The summed E-state index contributed by atoms with van der Waals surface area (Å²) in [5.74, 6) is 2.46. The van der Waals surface area contributed by atoms with Crippen LogP contribution in [0.2, 0.25) is 0 Å². The lowest BCUT2D eigenvalue weighted by molar-refractivity contribution is -0.127. The van der Waals surface area contributed by atoms with Gasteiger partial charge in [-0.3, -0.25) is 14.5 Å². The number of hydrogen-bond donors (Lipinski definition) is 3. The van der Waals surface area contributed by atoms with E-state index in [0.717, 1.165) is 43.7 Å². The summed E-state index contributed by atoms with van der Waals surface area (Å²) in [6.45, 7) is 2.41. The second-order valence-corrected chi connectivity index (χ2v) is 8.75. The lowest BCUT2D eigenvalue weighted by atomic mass is 9.95. The van der Waals surface area contributed by atoms with E-state index in [1.54, 1.807) is 26.0 Å². The minimum absolute atomic E-state index is 0. The number of guanidine groups is 1. The number of carbonyl (C=O) groups is 2. The molecule has 0 aromatic carbocycles. The second kappa shape index (κ2) is 11.3. The van der Waals surface area contributed by atoms with Crippen molar-refractivity contribution in [1.29, 1.82) is 0 Å². The van der Waals surface area contributed by atoms with Gasteiger partial charge in [-0.05, 0) is 43.9 Å². The number of likely N-dealkylation sites (tertiary alicyclic amines) is 1. The van der Waals surface area contributed by atoms with Crippen LogP contribution in [-0.4, -0.2) is 87.0 Å². The number of nitrogens with one attached hydrogen (secondary N) is 3.